The number of anilines is 1. The summed E-state index contributed by atoms with van der Waals surface area (Å²) < 4.78 is 39.1. The topological polar surface area (TPSA) is 41.6 Å². The molecule has 0 unspecified atom stereocenters. The Balaban J connectivity index is 0.00000338. The highest BCUT2D eigenvalue weighted by atomic mass is 35.5. The third-order valence-corrected chi connectivity index (χ3v) is 4.22. The summed E-state index contributed by atoms with van der Waals surface area (Å²) in [6.07, 6.45) is -3.80. The summed E-state index contributed by atoms with van der Waals surface area (Å²) in [4.78, 5) is 5.59. The SMILES string of the molecule is CCc1cccc(N(C)C(N)=Nc2cc(Cl)cc(C(F)(F)F)c2Cl)c1.Cl. The second-order valence-electron chi connectivity index (χ2n) is 5.34. The molecule has 0 spiro atoms. The van der Waals surface area contributed by atoms with Crippen molar-refractivity contribution in [3.8, 4) is 0 Å². The van der Waals surface area contributed by atoms with Gasteiger partial charge in [-0.25, -0.2) is 4.99 Å². The molecular formula is C17H17Cl3F3N3. The smallest absolute Gasteiger partial charge is 0.369 e. The first-order valence-corrected chi connectivity index (χ1v) is 8.12. The van der Waals surface area contributed by atoms with E-state index in [1.165, 1.54) is 6.07 Å². The van der Waals surface area contributed by atoms with Crippen LogP contribution in [0.1, 0.15) is 18.1 Å². The van der Waals surface area contributed by atoms with Gasteiger partial charge in [0, 0.05) is 17.8 Å². The van der Waals surface area contributed by atoms with E-state index in [0.29, 0.717) is 0 Å². The number of guanidine groups is 1. The normalized spacial score (nSPS) is 11.9. The zero-order chi connectivity index (χ0) is 18.8. The van der Waals surface area contributed by atoms with Gasteiger partial charge in [0.1, 0.15) is 0 Å². The van der Waals surface area contributed by atoms with Gasteiger partial charge in [0.25, 0.3) is 0 Å². The molecule has 0 fully saturated rings. The summed E-state index contributed by atoms with van der Waals surface area (Å²) in [6.45, 7) is 2.01. The summed E-state index contributed by atoms with van der Waals surface area (Å²) >= 11 is 11.6. The molecule has 0 heterocycles. The standard InChI is InChI=1S/C17H16Cl2F3N3.ClH/c1-3-10-5-4-6-12(7-10)25(2)16(23)24-14-9-11(18)8-13(15(14)19)17(20,21)22;/h4-9H,3H2,1-2H3,(H2,23,24);1H. The molecule has 142 valence electrons. The molecule has 3 nitrogen and oxygen atoms in total. The number of benzene rings is 2. The molecule has 2 aromatic rings. The number of nitrogens with two attached hydrogens (primary N) is 1. The van der Waals surface area contributed by atoms with Gasteiger partial charge in [-0.15, -0.1) is 12.4 Å². The molecule has 0 radical (unpaired) electrons. The summed E-state index contributed by atoms with van der Waals surface area (Å²) in [7, 11) is 1.66. The molecule has 0 aliphatic carbocycles. The van der Waals surface area contributed by atoms with E-state index in [1.807, 2.05) is 31.2 Å². The molecule has 0 atom stereocenters. The van der Waals surface area contributed by atoms with Gasteiger partial charge < -0.3 is 10.6 Å². The van der Waals surface area contributed by atoms with E-state index in [0.717, 1.165) is 23.7 Å². The number of halogens is 6. The first-order chi connectivity index (χ1) is 11.6. The summed E-state index contributed by atoms with van der Waals surface area (Å²) in [5, 5.41) is -0.672. The predicted octanol–water partition coefficient (Wildman–Crippen LogP) is 6.08. The van der Waals surface area contributed by atoms with Gasteiger partial charge in [-0.1, -0.05) is 42.3 Å². The maximum Gasteiger partial charge on any atom is 0.417 e. The third kappa shape index (κ3) is 5.19. The number of alkyl halides is 3. The van der Waals surface area contributed by atoms with Crippen LogP contribution in [0.2, 0.25) is 10.0 Å². The summed E-state index contributed by atoms with van der Waals surface area (Å²) in [5.74, 6) is -0.00876. The second kappa shape index (κ2) is 8.84. The number of nitrogens with zero attached hydrogens (tertiary/aromatic N) is 2. The van der Waals surface area contributed by atoms with Crippen molar-refractivity contribution in [1.82, 2.24) is 0 Å². The van der Waals surface area contributed by atoms with E-state index < -0.39 is 16.8 Å². The van der Waals surface area contributed by atoms with Crippen LogP contribution in [0.25, 0.3) is 0 Å². The van der Waals surface area contributed by atoms with E-state index in [-0.39, 0.29) is 29.1 Å². The Morgan fingerprint density at radius 1 is 1.19 bits per heavy atom. The van der Waals surface area contributed by atoms with Gasteiger partial charge in [-0.05, 0) is 36.2 Å². The van der Waals surface area contributed by atoms with Crippen molar-refractivity contribution in [3.63, 3.8) is 0 Å². The predicted molar refractivity (Wildman–Crippen MR) is 104 cm³/mol. The number of rotatable bonds is 3. The number of hydrogen-bond acceptors (Lipinski definition) is 1. The number of aryl methyl sites for hydroxylation is 1. The van der Waals surface area contributed by atoms with Crippen LogP contribution < -0.4 is 10.6 Å². The molecular weight excluding hydrogens is 410 g/mol. The Bertz CT molecular complexity index is 808. The largest absolute Gasteiger partial charge is 0.417 e. The average molecular weight is 427 g/mol. The van der Waals surface area contributed by atoms with Crippen molar-refractivity contribution in [2.45, 2.75) is 19.5 Å². The fourth-order valence-electron chi connectivity index (χ4n) is 2.18. The van der Waals surface area contributed by atoms with Crippen LogP contribution in [-0.4, -0.2) is 13.0 Å². The van der Waals surface area contributed by atoms with Gasteiger partial charge in [0.2, 0.25) is 5.96 Å². The maximum absolute atomic E-state index is 13.0. The van der Waals surface area contributed by atoms with Crippen LogP contribution in [-0.2, 0) is 12.6 Å². The van der Waals surface area contributed by atoms with Crippen LogP contribution >= 0.6 is 35.6 Å². The minimum atomic E-state index is -4.64. The first kappa shape index (κ1) is 22.4. The van der Waals surface area contributed by atoms with Gasteiger partial charge in [-0.2, -0.15) is 13.2 Å². The van der Waals surface area contributed by atoms with Crippen molar-refractivity contribution < 1.29 is 13.2 Å². The lowest BCUT2D eigenvalue weighted by atomic mass is 10.1. The molecule has 9 heteroatoms. The van der Waals surface area contributed by atoms with Crippen LogP contribution in [0.15, 0.2) is 41.4 Å². The Morgan fingerprint density at radius 3 is 2.42 bits per heavy atom. The lowest BCUT2D eigenvalue weighted by Crippen LogP contribution is -2.33. The van der Waals surface area contributed by atoms with Crippen LogP contribution in [0.3, 0.4) is 0 Å². The number of aliphatic imine (C=N–C) groups is 1. The fraction of sp³-hybridized carbons (Fsp3) is 0.235. The molecule has 0 saturated carbocycles. The van der Waals surface area contributed by atoms with Crippen molar-refractivity contribution >= 4 is 52.9 Å². The number of hydrogen-bond donors (Lipinski definition) is 1. The maximum atomic E-state index is 13.0. The quantitative estimate of drug-likeness (QED) is 0.477. The first-order valence-electron chi connectivity index (χ1n) is 7.36. The molecule has 0 bridgehead atoms. The minimum absolute atomic E-state index is 0. The zero-order valence-corrected chi connectivity index (χ0v) is 16.3. The lowest BCUT2D eigenvalue weighted by molar-refractivity contribution is -0.137. The van der Waals surface area contributed by atoms with Crippen molar-refractivity contribution in [2.75, 3.05) is 11.9 Å². The van der Waals surface area contributed by atoms with E-state index in [1.54, 1.807) is 11.9 Å². The van der Waals surface area contributed by atoms with Crippen molar-refractivity contribution in [3.05, 3.63) is 57.6 Å². The van der Waals surface area contributed by atoms with Crippen LogP contribution in [0, 0.1) is 0 Å². The molecule has 0 aromatic heterocycles. The molecule has 0 aliphatic rings. The average Bonchev–Trinajstić information content (AvgIpc) is 2.56. The Hall–Kier alpha value is -1.63. The van der Waals surface area contributed by atoms with Crippen LogP contribution in [0.5, 0.6) is 0 Å². The summed E-state index contributed by atoms with van der Waals surface area (Å²) in [5.41, 5.74) is 6.60. The van der Waals surface area contributed by atoms with Crippen molar-refractivity contribution in [1.29, 1.82) is 0 Å². The van der Waals surface area contributed by atoms with E-state index >= 15 is 0 Å². The second-order valence-corrected chi connectivity index (χ2v) is 6.15. The molecule has 0 amide bonds. The molecule has 2 aromatic carbocycles. The Kier molecular flexibility index (Phi) is 7.62. The molecule has 26 heavy (non-hydrogen) atoms. The molecule has 0 saturated heterocycles. The van der Waals surface area contributed by atoms with Crippen molar-refractivity contribution in [2.24, 2.45) is 10.7 Å². The summed E-state index contributed by atoms with van der Waals surface area (Å²) in [6, 6.07) is 9.57. The Morgan fingerprint density at radius 2 is 1.85 bits per heavy atom. The molecule has 2 N–H and O–H groups in total. The van der Waals surface area contributed by atoms with E-state index in [2.05, 4.69) is 4.99 Å². The Labute approximate surface area is 166 Å². The molecule has 0 aliphatic heterocycles. The van der Waals surface area contributed by atoms with E-state index in [9.17, 15) is 13.2 Å². The van der Waals surface area contributed by atoms with Crippen LogP contribution in [0.4, 0.5) is 24.5 Å². The lowest BCUT2D eigenvalue weighted by Gasteiger charge is -2.19. The zero-order valence-electron chi connectivity index (χ0n) is 13.9. The monoisotopic (exact) mass is 425 g/mol. The fourth-order valence-corrected chi connectivity index (χ4v) is 2.65. The third-order valence-electron chi connectivity index (χ3n) is 3.61. The van der Waals surface area contributed by atoms with Gasteiger partial charge in [-0.3, -0.25) is 0 Å². The van der Waals surface area contributed by atoms with Gasteiger partial charge in [0.15, 0.2) is 0 Å². The highest BCUT2D eigenvalue weighted by Crippen LogP contribution is 2.41. The molecule has 2 rings (SSSR count). The van der Waals surface area contributed by atoms with Gasteiger partial charge in [0.05, 0.1) is 16.3 Å². The van der Waals surface area contributed by atoms with Gasteiger partial charge >= 0.3 is 6.18 Å². The highest BCUT2D eigenvalue weighted by Gasteiger charge is 2.34. The van der Waals surface area contributed by atoms with E-state index in [4.69, 9.17) is 28.9 Å². The highest BCUT2D eigenvalue weighted by molar-refractivity contribution is 6.36. The minimum Gasteiger partial charge on any atom is -0.369 e.